The largest absolute Gasteiger partial charge is 0.396 e. The van der Waals surface area contributed by atoms with Crippen molar-refractivity contribution in [3.8, 4) is 0 Å². The van der Waals surface area contributed by atoms with E-state index in [0.29, 0.717) is 5.56 Å². The maximum Gasteiger partial charge on any atom is 0.221 e. The lowest BCUT2D eigenvalue weighted by Crippen LogP contribution is -2.37. The summed E-state index contributed by atoms with van der Waals surface area (Å²) in [5.41, 5.74) is -0.626. The van der Waals surface area contributed by atoms with E-state index in [-0.39, 0.29) is 0 Å². The molecule has 20 heavy (non-hydrogen) atoms. The van der Waals surface area contributed by atoms with E-state index >= 15 is 0 Å². The quantitative estimate of drug-likeness (QED) is 0.374. The molecule has 0 radical (unpaired) electrons. The van der Waals surface area contributed by atoms with Gasteiger partial charge in [-0.2, -0.15) is 0 Å². The predicted molar refractivity (Wildman–Crippen MR) is 73.4 cm³/mol. The molecule has 1 aromatic rings. The molecule has 0 saturated carbocycles. The Bertz CT molecular complexity index is 363. The summed E-state index contributed by atoms with van der Waals surface area (Å²) in [6.07, 6.45) is 0. The summed E-state index contributed by atoms with van der Waals surface area (Å²) in [5, 5.41) is 43.1. The Kier molecular flexibility index (Phi) is 9.62. The molecule has 0 aliphatic heterocycles. The highest BCUT2D eigenvalue weighted by molar-refractivity contribution is 7.38. The predicted octanol–water partition coefficient (Wildman–Crippen LogP) is -0.914. The van der Waals surface area contributed by atoms with Gasteiger partial charge in [0.15, 0.2) is 5.85 Å². The van der Waals surface area contributed by atoms with E-state index in [9.17, 15) is 4.57 Å². The fourth-order valence-electron chi connectivity index (χ4n) is 1.08. The van der Waals surface area contributed by atoms with Crippen LogP contribution in [0.4, 0.5) is 0 Å². The molecule has 0 aliphatic carbocycles. The number of hydrogen-bond donors (Lipinski definition) is 6. The third-order valence-corrected chi connectivity index (χ3v) is 3.49. The van der Waals surface area contributed by atoms with E-state index in [1.54, 1.807) is 30.3 Å². The van der Waals surface area contributed by atoms with Gasteiger partial charge in [-0.05, 0) is 5.56 Å². The van der Waals surface area contributed by atoms with Gasteiger partial charge in [-0.1, -0.05) is 30.3 Å². The number of rotatable bonds is 6. The molecule has 0 spiro atoms. The van der Waals surface area contributed by atoms with E-state index in [0.717, 1.165) is 0 Å². The molecule has 0 heterocycles. The molecule has 0 aliphatic rings. The van der Waals surface area contributed by atoms with Crippen molar-refractivity contribution in [2.45, 2.75) is 5.85 Å². The van der Waals surface area contributed by atoms with Crippen molar-refractivity contribution < 1.29 is 35.0 Å². The Morgan fingerprint density at radius 2 is 1.35 bits per heavy atom. The van der Waals surface area contributed by atoms with Crippen LogP contribution in [0.15, 0.2) is 30.3 Å². The molecule has 7 nitrogen and oxygen atoms in total. The number of aliphatic hydroxyl groups excluding tert-OH is 5. The van der Waals surface area contributed by atoms with Crippen LogP contribution >= 0.6 is 8.03 Å². The van der Waals surface area contributed by atoms with Gasteiger partial charge in [0.05, 0.1) is 31.8 Å². The normalized spacial score (nSPS) is 14.1. The molecule has 0 saturated heterocycles. The fraction of sp³-hybridized carbons (Fsp3) is 0.500. The van der Waals surface area contributed by atoms with Crippen molar-refractivity contribution >= 4 is 8.03 Å². The van der Waals surface area contributed by atoms with Crippen LogP contribution in [0.25, 0.3) is 0 Å². The maximum absolute atomic E-state index is 10.4. The van der Waals surface area contributed by atoms with E-state index in [1.807, 2.05) is 0 Å². The molecule has 0 amide bonds. The van der Waals surface area contributed by atoms with E-state index in [1.165, 1.54) is 0 Å². The zero-order chi connectivity index (χ0) is 15.6. The fourth-order valence-corrected chi connectivity index (χ4v) is 1.56. The zero-order valence-corrected chi connectivity index (χ0v) is 11.9. The highest BCUT2D eigenvalue weighted by atomic mass is 31.1. The Labute approximate surface area is 117 Å². The minimum absolute atomic E-state index is 0.406. The second kappa shape index (κ2) is 10.0. The maximum atomic E-state index is 10.4. The van der Waals surface area contributed by atoms with Gasteiger partial charge in [0, 0.05) is 0 Å². The van der Waals surface area contributed by atoms with Gasteiger partial charge in [-0.15, -0.1) is 0 Å². The Balaban J connectivity index is 0.000000370. The van der Waals surface area contributed by atoms with Gasteiger partial charge >= 0.3 is 0 Å². The Morgan fingerprint density at radius 1 is 0.950 bits per heavy atom. The van der Waals surface area contributed by atoms with Crippen LogP contribution in [0.1, 0.15) is 11.4 Å². The first-order valence-corrected chi connectivity index (χ1v) is 7.29. The molecule has 116 valence electrons. The minimum atomic E-state index is -2.86. The molecule has 6 N–H and O–H groups in total. The van der Waals surface area contributed by atoms with E-state index in [4.69, 9.17) is 30.4 Å². The molecular formula is C12H21O7P. The van der Waals surface area contributed by atoms with Crippen LogP contribution in [-0.2, 0) is 4.57 Å². The highest BCUT2D eigenvalue weighted by Crippen LogP contribution is 2.34. The summed E-state index contributed by atoms with van der Waals surface area (Å²) < 4.78 is 10.4. The lowest BCUT2D eigenvalue weighted by molar-refractivity contribution is -0.0328. The molecule has 0 fully saturated rings. The molecule has 8 heteroatoms. The van der Waals surface area contributed by atoms with E-state index < -0.39 is 45.7 Å². The third-order valence-electron chi connectivity index (χ3n) is 2.69. The van der Waals surface area contributed by atoms with Crippen molar-refractivity contribution in [3.63, 3.8) is 0 Å². The first kappa shape index (κ1) is 19.2. The van der Waals surface area contributed by atoms with E-state index in [2.05, 4.69) is 0 Å². The summed E-state index contributed by atoms with van der Waals surface area (Å²) in [6.45, 7) is -1.62. The topological polar surface area (TPSA) is 138 Å². The van der Waals surface area contributed by atoms with Crippen molar-refractivity contribution in [1.82, 2.24) is 0 Å². The van der Waals surface area contributed by atoms with Gasteiger partial charge in [-0.25, -0.2) is 0 Å². The second-order valence-corrected chi connectivity index (χ2v) is 5.51. The van der Waals surface area contributed by atoms with Crippen LogP contribution in [0.5, 0.6) is 0 Å². The molecular weight excluding hydrogens is 287 g/mol. The summed E-state index contributed by atoms with van der Waals surface area (Å²) in [5.74, 6) is -1.22. The second-order valence-electron chi connectivity index (χ2n) is 4.28. The van der Waals surface area contributed by atoms with Gasteiger partial charge in [0.25, 0.3) is 0 Å². The van der Waals surface area contributed by atoms with Crippen LogP contribution < -0.4 is 0 Å². The molecule has 1 aromatic carbocycles. The van der Waals surface area contributed by atoms with Gasteiger partial charge in [0.2, 0.25) is 8.03 Å². The third kappa shape index (κ3) is 6.11. The smallest absolute Gasteiger partial charge is 0.221 e. The first-order valence-electron chi connectivity index (χ1n) is 5.85. The standard InChI is InChI=1S/C7H9O3P.C5H12O4/c8-7(11(9)10)6-4-2-1-3-5-6;6-1-5(2-7,3-8)4-9/h1-5,7-8,11H,(H,9,10);6-9H,1-4H2. The van der Waals surface area contributed by atoms with Crippen LogP contribution in [0.2, 0.25) is 0 Å². The summed E-state index contributed by atoms with van der Waals surface area (Å²) >= 11 is 0. The lowest BCUT2D eigenvalue weighted by atomic mass is 9.93. The number of benzene rings is 1. The monoisotopic (exact) mass is 308 g/mol. The summed E-state index contributed by atoms with van der Waals surface area (Å²) in [4.78, 5) is 8.57. The number of hydrogen-bond acceptors (Lipinski definition) is 6. The summed E-state index contributed by atoms with van der Waals surface area (Å²) in [7, 11) is -2.86. The SMILES string of the molecule is O=[PH](O)C(O)c1ccccc1.OCC(CO)(CO)CO. The van der Waals surface area contributed by atoms with Crippen LogP contribution in [-0.4, -0.2) is 56.9 Å². The molecule has 2 unspecified atom stereocenters. The van der Waals surface area contributed by atoms with Crippen molar-refractivity contribution in [1.29, 1.82) is 0 Å². The van der Waals surface area contributed by atoms with Crippen molar-refractivity contribution in [3.05, 3.63) is 35.9 Å². The van der Waals surface area contributed by atoms with Gasteiger partial charge < -0.3 is 30.4 Å². The Morgan fingerprint density at radius 3 is 1.60 bits per heavy atom. The molecule has 0 bridgehead atoms. The zero-order valence-electron chi connectivity index (χ0n) is 10.9. The van der Waals surface area contributed by atoms with Crippen LogP contribution in [0.3, 0.4) is 0 Å². The highest BCUT2D eigenvalue weighted by Gasteiger charge is 2.26. The van der Waals surface area contributed by atoms with Gasteiger partial charge in [0.1, 0.15) is 0 Å². The molecule has 0 aromatic heterocycles. The number of aliphatic hydroxyl groups is 5. The Hall–Kier alpha value is -0.790. The summed E-state index contributed by atoms with van der Waals surface area (Å²) in [6, 6.07) is 8.43. The van der Waals surface area contributed by atoms with Crippen LogP contribution in [0, 0.1) is 5.41 Å². The lowest BCUT2D eigenvalue weighted by Gasteiger charge is -2.23. The first-order chi connectivity index (χ1) is 9.46. The van der Waals surface area contributed by atoms with Crippen molar-refractivity contribution in [2.75, 3.05) is 26.4 Å². The average Bonchev–Trinajstić information content (AvgIpc) is 2.51. The van der Waals surface area contributed by atoms with Crippen molar-refractivity contribution in [2.24, 2.45) is 5.41 Å². The van der Waals surface area contributed by atoms with Gasteiger partial charge in [-0.3, -0.25) is 4.57 Å². The molecule has 2 atom stereocenters. The molecule has 1 rings (SSSR count). The minimum Gasteiger partial charge on any atom is -0.396 e. The average molecular weight is 308 g/mol.